The van der Waals surface area contributed by atoms with E-state index in [1.165, 1.54) is 6.07 Å². The summed E-state index contributed by atoms with van der Waals surface area (Å²) < 4.78 is 18.7. The summed E-state index contributed by atoms with van der Waals surface area (Å²) in [4.78, 5) is 13.0. The highest BCUT2D eigenvalue weighted by Gasteiger charge is 2.20. The van der Waals surface area contributed by atoms with Crippen LogP contribution in [-0.4, -0.2) is 25.5 Å². The van der Waals surface area contributed by atoms with Crippen LogP contribution in [0.1, 0.15) is 13.3 Å². The lowest BCUT2D eigenvalue weighted by atomic mass is 10.2. The van der Waals surface area contributed by atoms with Crippen LogP contribution in [0, 0.1) is 5.82 Å². The SMILES string of the molecule is CCOc1ccc(N2CCC(=O)C2)cc1F. The summed E-state index contributed by atoms with van der Waals surface area (Å²) in [6, 6.07) is 4.81. The number of ether oxygens (including phenoxy) is 1. The molecule has 0 atom stereocenters. The summed E-state index contributed by atoms with van der Waals surface area (Å²) in [5.74, 6) is 0.0877. The number of hydrogen-bond donors (Lipinski definition) is 0. The van der Waals surface area contributed by atoms with E-state index in [4.69, 9.17) is 4.74 Å². The maximum absolute atomic E-state index is 13.6. The van der Waals surface area contributed by atoms with Crippen LogP contribution in [0.2, 0.25) is 0 Å². The fraction of sp³-hybridized carbons (Fsp3) is 0.417. The van der Waals surface area contributed by atoms with Crippen molar-refractivity contribution in [2.75, 3.05) is 24.6 Å². The van der Waals surface area contributed by atoms with E-state index >= 15 is 0 Å². The van der Waals surface area contributed by atoms with Crippen molar-refractivity contribution in [3.8, 4) is 5.75 Å². The summed E-state index contributed by atoms with van der Waals surface area (Å²) in [5.41, 5.74) is 0.742. The molecule has 3 nitrogen and oxygen atoms in total. The molecule has 0 N–H and O–H groups in total. The molecule has 0 aliphatic carbocycles. The van der Waals surface area contributed by atoms with Gasteiger partial charge >= 0.3 is 0 Å². The predicted octanol–water partition coefficient (Wildman–Crippen LogP) is 2.00. The highest BCUT2D eigenvalue weighted by Crippen LogP contribution is 2.25. The molecule has 1 fully saturated rings. The minimum absolute atomic E-state index is 0.203. The summed E-state index contributed by atoms with van der Waals surface area (Å²) in [7, 11) is 0. The summed E-state index contributed by atoms with van der Waals surface area (Å²) in [5, 5.41) is 0. The van der Waals surface area contributed by atoms with E-state index in [0.29, 0.717) is 26.1 Å². The first-order chi connectivity index (χ1) is 7.70. The summed E-state index contributed by atoms with van der Waals surface area (Å²) in [6.07, 6.45) is 0.550. The Morgan fingerprint density at radius 1 is 1.50 bits per heavy atom. The third kappa shape index (κ3) is 2.15. The van der Waals surface area contributed by atoms with Crippen molar-refractivity contribution < 1.29 is 13.9 Å². The van der Waals surface area contributed by atoms with Gasteiger partial charge < -0.3 is 9.64 Å². The largest absolute Gasteiger partial charge is 0.491 e. The smallest absolute Gasteiger partial charge is 0.167 e. The van der Waals surface area contributed by atoms with Gasteiger partial charge in [-0.2, -0.15) is 0 Å². The summed E-state index contributed by atoms with van der Waals surface area (Å²) in [6.45, 7) is 3.31. The average Bonchev–Trinajstić information content (AvgIpc) is 2.68. The molecule has 0 radical (unpaired) electrons. The maximum atomic E-state index is 13.6. The van der Waals surface area contributed by atoms with Gasteiger partial charge in [-0.05, 0) is 19.1 Å². The zero-order valence-electron chi connectivity index (χ0n) is 9.20. The number of anilines is 1. The number of carbonyl (C=O) groups is 1. The van der Waals surface area contributed by atoms with E-state index in [9.17, 15) is 9.18 Å². The van der Waals surface area contributed by atoms with Crippen LogP contribution in [-0.2, 0) is 4.79 Å². The van der Waals surface area contributed by atoms with Crippen LogP contribution >= 0.6 is 0 Å². The average molecular weight is 223 g/mol. The van der Waals surface area contributed by atoms with E-state index in [2.05, 4.69) is 0 Å². The fourth-order valence-corrected chi connectivity index (χ4v) is 1.81. The van der Waals surface area contributed by atoms with Gasteiger partial charge in [0.2, 0.25) is 0 Å². The minimum Gasteiger partial charge on any atom is -0.491 e. The molecule has 1 heterocycles. The third-order valence-corrected chi connectivity index (χ3v) is 2.61. The molecule has 0 bridgehead atoms. The van der Waals surface area contributed by atoms with E-state index in [1.807, 2.05) is 11.8 Å². The van der Waals surface area contributed by atoms with E-state index < -0.39 is 0 Å². The van der Waals surface area contributed by atoms with E-state index in [1.54, 1.807) is 12.1 Å². The zero-order chi connectivity index (χ0) is 11.5. The Balaban J connectivity index is 2.17. The van der Waals surface area contributed by atoms with Gasteiger partial charge in [-0.25, -0.2) is 4.39 Å². The molecule has 0 aromatic heterocycles. The van der Waals surface area contributed by atoms with Crippen molar-refractivity contribution in [3.63, 3.8) is 0 Å². The first-order valence-corrected chi connectivity index (χ1v) is 5.39. The first-order valence-electron chi connectivity index (χ1n) is 5.39. The second kappa shape index (κ2) is 4.51. The van der Waals surface area contributed by atoms with Gasteiger partial charge in [0.25, 0.3) is 0 Å². The zero-order valence-corrected chi connectivity index (χ0v) is 9.20. The lowest BCUT2D eigenvalue weighted by Gasteiger charge is -2.17. The standard InChI is InChI=1S/C12H14FNO2/c1-2-16-12-4-3-9(7-11(12)13)14-6-5-10(15)8-14/h3-4,7H,2,5-6,8H2,1H3. The first kappa shape index (κ1) is 10.9. The normalized spacial score (nSPS) is 15.6. The third-order valence-electron chi connectivity index (χ3n) is 2.61. The van der Waals surface area contributed by atoms with Crippen molar-refractivity contribution in [2.24, 2.45) is 0 Å². The number of hydrogen-bond acceptors (Lipinski definition) is 3. The number of Topliss-reactive ketones (excluding diaryl/α,β-unsaturated/α-hetero) is 1. The number of rotatable bonds is 3. The van der Waals surface area contributed by atoms with Crippen molar-refractivity contribution in [2.45, 2.75) is 13.3 Å². The van der Waals surface area contributed by atoms with Gasteiger partial charge in [-0.15, -0.1) is 0 Å². The van der Waals surface area contributed by atoms with Gasteiger partial charge in [0.05, 0.1) is 13.2 Å². The van der Waals surface area contributed by atoms with Gasteiger partial charge in [0, 0.05) is 24.7 Å². The van der Waals surface area contributed by atoms with Crippen LogP contribution in [0.25, 0.3) is 0 Å². The molecule has 1 aromatic rings. The van der Waals surface area contributed by atoms with E-state index in [0.717, 1.165) is 5.69 Å². The maximum Gasteiger partial charge on any atom is 0.167 e. The van der Waals surface area contributed by atoms with Gasteiger partial charge in [0.15, 0.2) is 17.3 Å². The highest BCUT2D eigenvalue weighted by molar-refractivity contribution is 5.87. The molecule has 2 rings (SSSR count). The molecule has 0 unspecified atom stereocenters. The molecule has 1 aliphatic heterocycles. The topological polar surface area (TPSA) is 29.5 Å². The Kier molecular flexibility index (Phi) is 3.08. The van der Waals surface area contributed by atoms with Gasteiger partial charge in [0.1, 0.15) is 0 Å². The van der Waals surface area contributed by atoms with E-state index in [-0.39, 0.29) is 17.3 Å². The van der Waals surface area contributed by atoms with Gasteiger partial charge in [-0.3, -0.25) is 4.79 Å². The second-order valence-electron chi connectivity index (χ2n) is 3.76. The Bertz CT molecular complexity index is 406. The predicted molar refractivity (Wildman–Crippen MR) is 59.4 cm³/mol. The molecule has 0 amide bonds. The molecule has 0 saturated carbocycles. The van der Waals surface area contributed by atoms with Crippen LogP contribution < -0.4 is 9.64 Å². The monoisotopic (exact) mass is 223 g/mol. The number of halogens is 1. The fourth-order valence-electron chi connectivity index (χ4n) is 1.81. The van der Waals surface area contributed by atoms with Crippen LogP contribution in [0.15, 0.2) is 18.2 Å². The Labute approximate surface area is 93.8 Å². The number of carbonyl (C=O) groups excluding carboxylic acids is 1. The minimum atomic E-state index is -0.376. The Morgan fingerprint density at radius 3 is 2.88 bits per heavy atom. The molecule has 1 aromatic carbocycles. The molecule has 86 valence electrons. The van der Waals surface area contributed by atoms with Crippen molar-refractivity contribution in [1.82, 2.24) is 0 Å². The lowest BCUT2D eigenvalue weighted by molar-refractivity contribution is -0.116. The van der Waals surface area contributed by atoms with Crippen molar-refractivity contribution >= 4 is 11.5 Å². The Hall–Kier alpha value is -1.58. The molecular weight excluding hydrogens is 209 g/mol. The van der Waals surface area contributed by atoms with Crippen LogP contribution in [0.4, 0.5) is 10.1 Å². The molecule has 1 aliphatic rings. The lowest BCUT2D eigenvalue weighted by Crippen LogP contribution is -2.19. The number of nitrogens with zero attached hydrogens (tertiary/aromatic N) is 1. The molecule has 4 heteroatoms. The summed E-state index contributed by atoms with van der Waals surface area (Å²) >= 11 is 0. The molecule has 1 saturated heterocycles. The quantitative estimate of drug-likeness (QED) is 0.785. The Morgan fingerprint density at radius 2 is 2.31 bits per heavy atom. The molecular formula is C12H14FNO2. The second-order valence-corrected chi connectivity index (χ2v) is 3.76. The molecule has 0 spiro atoms. The van der Waals surface area contributed by atoms with Crippen LogP contribution in [0.5, 0.6) is 5.75 Å². The van der Waals surface area contributed by atoms with Crippen molar-refractivity contribution in [1.29, 1.82) is 0 Å². The van der Waals surface area contributed by atoms with Crippen LogP contribution in [0.3, 0.4) is 0 Å². The highest BCUT2D eigenvalue weighted by atomic mass is 19.1. The van der Waals surface area contributed by atoms with Gasteiger partial charge in [-0.1, -0.05) is 0 Å². The number of ketones is 1. The number of benzene rings is 1. The molecule has 16 heavy (non-hydrogen) atoms. The van der Waals surface area contributed by atoms with Crippen molar-refractivity contribution in [3.05, 3.63) is 24.0 Å².